The fourth-order valence-corrected chi connectivity index (χ4v) is 2.76. The summed E-state index contributed by atoms with van der Waals surface area (Å²) in [6, 6.07) is 6.07. The number of nitrogens with zero attached hydrogens (tertiary/aromatic N) is 2. The van der Waals surface area contributed by atoms with Gasteiger partial charge >= 0.3 is 0 Å². The molecule has 0 saturated heterocycles. The van der Waals surface area contributed by atoms with E-state index in [-0.39, 0.29) is 0 Å². The molecule has 1 atom stereocenters. The van der Waals surface area contributed by atoms with Crippen molar-refractivity contribution >= 4 is 17.0 Å². The topological polar surface area (TPSA) is 53.1 Å². The lowest BCUT2D eigenvalue weighted by atomic mass is 10.1. The highest BCUT2D eigenvalue weighted by Crippen LogP contribution is 2.38. The van der Waals surface area contributed by atoms with Crippen molar-refractivity contribution in [2.45, 2.75) is 39.7 Å². The van der Waals surface area contributed by atoms with Crippen LogP contribution in [0.5, 0.6) is 5.75 Å². The molecule has 4 heteroatoms. The van der Waals surface area contributed by atoms with Crippen LogP contribution in [-0.4, -0.2) is 16.2 Å². The van der Waals surface area contributed by atoms with Crippen LogP contribution in [-0.2, 0) is 6.54 Å². The zero-order valence-electron chi connectivity index (χ0n) is 12.3. The minimum atomic E-state index is 0.597. The first-order chi connectivity index (χ1) is 9.70. The van der Waals surface area contributed by atoms with Gasteiger partial charge < -0.3 is 15.0 Å². The van der Waals surface area contributed by atoms with E-state index in [9.17, 15) is 0 Å². The Morgan fingerprint density at radius 3 is 2.95 bits per heavy atom. The van der Waals surface area contributed by atoms with Crippen molar-refractivity contribution in [3.63, 3.8) is 0 Å². The summed E-state index contributed by atoms with van der Waals surface area (Å²) >= 11 is 0. The Morgan fingerprint density at radius 1 is 1.45 bits per heavy atom. The number of aromatic nitrogens is 2. The van der Waals surface area contributed by atoms with Crippen LogP contribution in [0.25, 0.3) is 11.0 Å². The van der Waals surface area contributed by atoms with Crippen molar-refractivity contribution in [3.8, 4) is 5.75 Å². The Kier molecular flexibility index (Phi) is 3.55. The Hall–Kier alpha value is -1.71. The largest absolute Gasteiger partial charge is 0.491 e. The van der Waals surface area contributed by atoms with E-state index < -0.39 is 0 Å². The normalized spacial score (nSPS) is 16.5. The summed E-state index contributed by atoms with van der Waals surface area (Å²) in [5.74, 6) is 2.97. The van der Waals surface area contributed by atoms with Gasteiger partial charge in [-0.25, -0.2) is 4.98 Å². The number of hydrogen-bond acceptors (Lipinski definition) is 3. The molecule has 1 fully saturated rings. The first-order valence-corrected chi connectivity index (χ1v) is 7.58. The zero-order chi connectivity index (χ0) is 14.1. The Bertz CT molecular complexity index is 601. The molecule has 0 spiro atoms. The molecule has 0 radical (unpaired) electrons. The predicted molar refractivity (Wildman–Crippen MR) is 81.8 cm³/mol. The van der Waals surface area contributed by atoms with Crippen LogP contribution in [0.15, 0.2) is 18.2 Å². The van der Waals surface area contributed by atoms with E-state index in [2.05, 4.69) is 29.5 Å². The van der Waals surface area contributed by atoms with Crippen LogP contribution in [0, 0.1) is 11.8 Å². The van der Waals surface area contributed by atoms with Crippen molar-refractivity contribution in [1.82, 2.24) is 9.55 Å². The van der Waals surface area contributed by atoms with Gasteiger partial charge in [0.15, 0.2) is 0 Å². The molecule has 3 rings (SSSR count). The highest BCUT2D eigenvalue weighted by molar-refractivity contribution is 5.84. The minimum Gasteiger partial charge on any atom is -0.491 e. The second-order valence-electron chi connectivity index (χ2n) is 5.87. The molecule has 0 bridgehead atoms. The average Bonchev–Trinajstić information content (AvgIpc) is 3.24. The van der Waals surface area contributed by atoms with Crippen LogP contribution >= 0.6 is 0 Å². The number of hydrogen-bond donors (Lipinski definition) is 1. The van der Waals surface area contributed by atoms with Crippen LogP contribution < -0.4 is 10.5 Å². The summed E-state index contributed by atoms with van der Waals surface area (Å²) in [4.78, 5) is 4.51. The second-order valence-corrected chi connectivity index (χ2v) is 5.87. The standard InChI is InChI=1S/C16H23N3O/c1-3-9-20-14-6-4-5-13-15(14)18-16(17)19(13)10-11(2)12-7-8-12/h4-6,11-12H,3,7-10H2,1-2H3,(H2,17,18). The lowest BCUT2D eigenvalue weighted by Gasteiger charge is -2.13. The van der Waals surface area contributed by atoms with E-state index in [1.807, 2.05) is 12.1 Å². The molecule has 2 aromatic rings. The molecule has 1 heterocycles. The van der Waals surface area contributed by atoms with E-state index in [0.717, 1.165) is 35.7 Å². The molecule has 1 saturated carbocycles. The first kappa shape index (κ1) is 13.3. The third-order valence-corrected chi connectivity index (χ3v) is 4.13. The molecule has 2 N–H and O–H groups in total. The summed E-state index contributed by atoms with van der Waals surface area (Å²) in [6.07, 6.45) is 3.71. The Labute approximate surface area is 119 Å². The average molecular weight is 273 g/mol. The van der Waals surface area contributed by atoms with Crippen molar-refractivity contribution < 1.29 is 4.74 Å². The number of fused-ring (bicyclic) bond motifs is 1. The van der Waals surface area contributed by atoms with E-state index in [1.165, 1.54) is 12.8 Å². The molecule has 1 unspecified atom stereocenters. The summed E-state index contributed by atoms with van der Waals surface area (Å²) in [5.41, 5.74) is 8.09. The number of anilines is 1. The van der Waals surface area contributed by atoms with Crippen LogP contribution in [0.4, 0.5) is 5.95 Å². The highest BCUT2D eigenvalue weighted by atomic mass is 16.5. The summed E-state index contributed by atoms with van der Waals surface area (Å²) < 4.78 is 7.91. The lowest BCUT2D eigenvalue weighted by molar-refractivity contribution is 0.320. The van der Waals surface area contributed by atoms with Gasteiger partial charge in [-0.3, -0.25) is 0 Å². The first-order valence-electron chi connectivity index (χ1n) is 7.58. The fourth-order valence-electron chi connectivity index (χ4n) is 2.76. The molecule has 1 aliphatic carbocycles. The zero-order valence-corrected chi connectivity index (χ0v) is 12.3. The van der Waals surface area contributed by atoms with Crippen molar-refractivity contribution in [2.75, 3.05) is 12.3 Å². The monoisotopic (exact) mass is 273 g/mol. The molecular formula is C16H23N3O. The van der Waals surface area contributed by atoms with E-state index in [0.29, 0.717) is 18.5 Å². The maximum atomic E-state index is 6.12. The van der Waals surface area contributed by atoms with Gasteiger partial charge in [0.1, 0.15) is 11.3 Å². The molecular weight excluding hydrogens is 250 g/mol. The van der Waals surface area contributed by atoms with Crippen LogP contribution in [0.1, 0.15) is 33.1 Å². The SMILES string of the molecule is CCCOc1cccc2c1nc(N)n2CC(C)C1CC1. The smallest absolute Gasteiger partial charge is 0.201 e. The fraction of sp³-hybridized carbons (Fsp3) is 0.562. The lowest BCUT2D eigenvalue weighted by Crippen LogP contribution is -2.11. The van der Waals surface area contributed by atoms with Crippen molar-refractivity contribution in [2.24, 2.45) is 11.8 Å². The summed E-state index contributed by atoms with van der Waals surface area (Å²) in [6.45, 7) is 6.07. The quantitative estimate of drug-likeness (QED) is 0.877. The number of para-hydroxylation sites is 1. The number of imidazole rings is 1. The molecule has 1 aliphatic rings. The molecule has 108 valence electrons. The van der Waals surface area contributed by atoms with Gasteiger partial charge in [0.25, 0.3) is 0 Å². The maximum Gasteiger partial charge on any atom is 0.201 e. The van der Waals surface area contributed by atoms with E-state index >= 15 is 0 Å². The van der Waals surface area contributed by atoms with E-state index in [4.69, 9.17) is 10.5 Å². The number of rotatable bonds is 6. The van der Waals surface area contributed by atoms with Gasteiger partial charge in [-0.15, -0.1) is 0 Å². The molecule has 1 aromatic heterocycles. The number of nitrogens with two attached hydrogens (primary N) is 1. The van der Waals surface area contributed by atoms with Crippen molar-refractivity contribution in [1.29, 1.82) is 0 Å². The van der Waals surface area contributed by atoms with Gasteiger partial charge in [-0.05, 0) is 43.2 Å². The summed E-state index contributed by atoms with van der Waals surface area (Å²) in [7, 11) is 0. The van der Waals surface area contributed by atoms with Gasteiger partial charge in [0.05, 0.1) is 12.1 Å². The Morgan fingerprint density at radius 2 is 2.25 bits per heavy atom. The van der Waals surface area contributed by atoms with Gasteiger partial charge in [0.2, 0.25) is 5.95 Å². The number of ether oxygens (including phenoxy) is 1. The molecule has 4 nitrogen and oxygen atoms in total. The molecule has 1 aromatic carbocycles. The van der Waals surface area contributed by atoms with E-state index in [1.54, 1.807) is 0 Å². The van der Waals surface area contributed by atoms with Crippen molar-refractivity contribution in [3.05, 3.63) is 18.2 Å². The second kappa shape index (κ2) is 5.35. The summed E-state index contributed by atoms with van der Waals surface area (Å²) in [5, 5.41) is 0. The number of benzene rings is 1. The predicted octanol–water partition coefficient (Wildman–Crippen LogP) is 3.45. The van der Waals surface area contributed by atoms with Crippen LogP contribution in [0.2, 0.25) is 0 Å². The third-order valence-electron chi connectivity index (χ3n) is 4.13. The minimum absolute atomic E-state index is 0.597. The Balaban J connectivity index is 1.93. The van der Waals surface area contributed by atoms with Crippen LogP contribution in [0.3, 0.4) is 0 Å². The maximum absolute atomic E-state index is 6.12. The van der Waals surface area contributed by atoms with Gasteiger partial charge in [-0.2, -0.15) is 0 Å². The molecule has 0 amide bonds. The number of nitrogen functional groups attached to an aromatic ring is 1. The highest BCUT2D eigenvalue weighted by Gasteiger charge is 2.28. The third kappa shape index (κ3) is 2.47. The molecule has 0 aliphatic heterocycles. The van der Waals surface area contributed by atoms with Gasteiger partial charge in [-0.1, -0.05) is 19.9 Å². The van der Waals surface area contributed by atoms with Gasteiger partial charge in [0, 0.05) is 6.54 Å². The molecule has 20 heavy (non-hydrogen) atoms.